The highest BCUT2D eigenvalue weighted by molar-refractivity contribution is 7.11. The number of nitrogens with zero attached hydrogens (tertiary/aromatic N) is 1. The van der Waals surface area contributed by atoms with E-state index in [1.165, 1.54) is 4.88 Å². The van der Waals surface area contributed by atoms with Crippen LogP contribution in [0.5, 0.6) is 0 Å². The van der Waals surface area contributed by atoms with Crippen LogP contribution in [0.2, 0.25) is 0 Å². The first kappa shape index (κ1) is 13.0. The summed E-state index contributed by atoms with van der Waals surface area (Å²) in [5, 5.41) is 4.46. The lowest BCUT2D eigenvalue weighted by molar-refractivity contribution is -0.0902. The Bertz CT molecular complexity index is 361. The molecule has 5 heteroatoms. The summed E-state index contributed by atoms with van der Waals surface area (Å²) in [7, 11) is 0. The van der Waals surface area contributed by atoms with E-state index < -0.39 is 0 Å². The summed E-state index contributed by atoms with van der Waals surface area (Å²) in [4.78, 5) is 5.91. The molecular formula is C12H20N2O2S. The molecule has 96 valence electrons. The van der Waals surface area contributed by atoms with Crippen molar-refractivity contribution in [3.05, 3.63) is 15.6 Å². The standard InChI is InChI=1S/C12H20N2O2S/c1-4-13-8(2)11-9(3)14-12(17-11)10-7-15-5-6-16-10/h8,10,13H,4-7H2,1-3H3. The van der Waals surface area contributed by atoms with Crippen molar-refractivity contribution in [1.82, 2.24) is 10.3 Å². The van der Waals surface area contributed by atoms with Crippen molar-refractivity contribution in [2.75, 3.05) is 26.4 Å². The Morgan fingerprint density at radius 2 is 2.35 bits per heavy atom. The number of hydrogen-bond donors (Lipinski definition) is 1. The fourth-order valence-corrected chi connectivity index (χ4v) is 3.13. The van der Waals surface area contributed by atoms with Gasteiger partial charge >= 0.3 is 0 Å². The van der Waals surface area contributed by atoms with Crippen LogP contribution in [0.3, 0.4) is 0 Å². The normalized spacial score (nSPS) is 22.6. The molecule has 4 nitrogen and oxygen atoms in total. The summed E-state index contributed by atoms with van der Waals surface area (Å²) >= 11 is 1.74. The lowest BCUT2D eigenvalue weighted by atomic mass is 10.2. The Morgan fingerprint density at radius 3 is 3.00 bits per heavy atom. The summed E-state index contributed by atoms with van der Waals surface area (Å²) in [6.07, 6.45) is 0.0232. The van der Waals surface area contributed by atoms with Gasteiger partial charge in [0.05, 0.1) is 25.5 Å². The zero-order chi connectivity index (χ0) is 12.3. The quantitative estimate of drug-likeness (QED) is 0.897. The van der Waals surface area contributed by atoms with E-state index in [0.717, 1.165) is 17.2 Å². The molecule has 2 atom stereocenters. The lowest BCUT2D eigenvalue weighted by Gasteiger charge is -2.20. The fraction of sp³-hybridized carbons (Fsp3) is 0.750. The summed E-state index contributed by atoms with van der Waals surface area (Å²) < 4.78 is 11.1. The van der Waals surface area contributed by atoms with Gasteiger partial charge in [-0.05, 0) is 20.4 Å². The van der Waals surface area contributed by atoms with Crippen LogP contribution in [0.15, 0.2) is 0 Å². The van der Waals surface area contributed by atoms with Crippen molar-refractivity contribution in [1.29, 1.82) is 0 Å². The fourth-order valence-electron chi connectivity index (χ4n) is 2.00. The predicted molar refractivity (Wildman–Crippen MR) is 68.5 cm³/mol. The molecule has 2 rings (SSSR count). The minimum Gasteiger partial charge on any atom is -0.376 e. The predicted octanol–water partition coefficient (Wildman–Crippen LogP) is 2.21. The molecule has 1 aliphatic heterocycles. The van der Waals surface area contributed by atoms with Crippen LogP contribution in [-0.2, 0) is 9.47 Å². The zero-order valence-electron chi connectivity index (χ0n) is 10.7. The van der Waals surface area contributed by atoms with Crippen LogP contribution in [0.1, 0.15) is 41.6 Å². The number of aromatic nitrogens is 1. The van der Waals surface area contributed by atoms with E-state index in [-0.39, 0.29) is 6.10 Å². The highest BCUT2D eigenvalue weighted by Gasteiger charge is 2.22. The minimum atomic E-state index is 0.0232. The van der Waals surface area contributed by atoms with Gasteiger partial charge in [-0.1, -0.05) is 6.92 Å². The van der Waals surface area contributed by atoms with Gasteiger partial charge in [-0.25, -0.2) is 4.98 Å². The first-order valence-electron chi connectivity index (χ1n) is 6.12. The molecule has 1 aromatic rings. The lowest BCUT2D eigenvalue weighted by Crippen LogP contribution is -2.21. The average molecular weight is 256 g/mol. The Hall–Kier alpha value is -0.490. The van der Waals surface area contributed by atoms with Crippen molar-refractivity contribution in [2.45, 2.75) is 32.9 Å². The first-order valence-corrected chi connectivity index (χ1v) is 6.94. The largest absolute Gasteiger partial charge is 0.376 e. The molecule has 2 unspecified atom stereocenters. The molecular weight excluding hydrogens is 236 g/mol. The minimum absolute atomic E-state index is 0.0232. The maximum Gasteiger partial charge on any atom is 0.132 e. The number of thiazole rings is 1. The van der Waals surface area contributed by atoms with E-state index in [0.29, 0.717) is 25.9 Å². The van der Waals surface area contributed by atoms with E-state index in [1.54, 1.807) is 11.3 Å². The van der Waals surface area contributed by atoms with Gasteiger partial charge in [-0.2, -0.15) is 0 Å². The summed E-state index contributed by atoms with van der Waals surface area (Å²) in [6.45, 7) is 9.31. The SMILES string of the molecule is CCNC(C)c1sc(C2COCCO2)nc1C. The Balaban J connectivity index is 2.11. The second kappa shape index (κ2) is 5.91. The Morgan fingerprint density at radius 1 is 1.53 bits per heavy atom. The van der Waals surface area contributed by atoms with Gasteiger partial charge in [0.2, 0.25) is 0 Å². The van der Waals surface area contributed by atoms with E-state index in [2.05, 4.69) is 31.1 Å². The van der Waals surface area contributed by atoms with E-state index >= 15 is 0 Å². The Kier molecular flexibility index (Phi) is 4.50. The third kappa shape index (κ3) is 3.04. The third-order valence-corrected chi connectivity index (χ3v) is 4.28. The zero-order valence-corrected chi connectivity index (χ0v) is 11.5. The van der Waals surface area contributed by atoms with Gasteiger partial charge in [0, 0.05) is 10.9 Å². The number of ether oxygens (including phenoxy) is 2. The third-order valence-electron chi connectivity index (χ3n) is 2.84. The van der Waals surface area contributed by atoms with Gasteiger partial charge in [0.25, 0.3) is 0 Å². The molecule has 1 fully saturated rings. The maximum absolute atomic E-state index is 5.67. The Labute approximate surface area is 106 Å². The van der Waals surface area contributed by atoms with Crippen LogP contribution >= 0.6 is 11.3 Å². The highest BCUT2D eigenvalue weighted by atomic mass is 32.1. The molecule has 0 bridgehead atoms. The summed E-state index contributed by atoms with van der Waals surface area (Å²) in [5.74, 6) is 0. The molecule has 0 amide bonds. The van der Waals surface area contributed by atoms with Gasteiger partial charge in [0.1, 0.15) is 11.1 Å². The van der Waals surface area contributed by atoms with Gasteiger partial charge in [-0.3, -0.25) is 0 Å². The number of rotatable bonds is 4. The molecule has 1 N–H and O–H groups in total. The number of aryl methyl sites for hydroxylation is 1. The molecule has 1 aliphatic rings. The molecule has 2 heterocycles. The summed E-state index contributed by atoms with van der Waals surface area (Å²) in [5.41, 5.74) is 1.10. The van der Waals surface area contributed by atoms with Crippen LogP contribution < -0.4 is 5.32 Å². The van der Waals surface area contributed by atoms with Crippen molar-refractivity contribution < 1.29 is 9.47 Å². The molecule has 1 saturated heterocycles. The van der Waals surface area contributed by atoms with Gasteiger partial charge in [-0.15, -0.1) is 11.3 Å². The number of nitrogens with one attached hydrogen (secondary N) is 1. The molecule has 1 aromatic heterocycles. The molecule has 0 spiro atoms. The van der Waals surface area contributed by atoms with Gasteiger partial charge in [0.15, 0.2) is 0 Å². The molecule has 0 radical (unpaired) electrons. The monoisotopic (exact) mass is 256 g/mol. The number of hydrogen-bond acceptors (Lipinski definition) is 5. The van der Waals surface area contributed by atoms with Crippen LogP contribution in [0.4, 0.5) is 0 Å². The van der Waals surface area contributed by atoms with Crippen molar-refractivity contribution in [3.8, 4) is 0 Å². The van der Waals surface area contributed by atoms with Crippen LogP contribution in [0.25, 0.3) is 0 Å². The first-order chi connectivity index (χ1) is 8.22. The molecule has 0 saturated carbocycles. The second-order valence-electron chi connectivity index (χ2n) is 4.22. The van der Waals surface area contributed by atoms with Gasteiger partial charge < -0.3 is 14.8 Å². The molecule has 17 heavy (non-hydrogen) atoms. The maximum atomic E-state index is 5.67. The topological polar surface area (TPSA) is 43.4 Å². The molecule has 0 aromatic carbocycles. The van der Waals surface area contributed by atoms with Crippen molar-refractivity contribution in [2.24, 2.45) is 0 Å². The highest BCUT2D eigenvalue weighted by Crippen LogP contribution is 2.31. The van der Waals surface area contributed by atoms with Crippen molar-refractivity contribution >= 4 is 11.3 Å². The average Bonchev–Trinajstić information content (AvgIpc) is 2.73. The summed E-state index contributed by atoms with van der Waals surface area (Å²) in [6, 6.07) is 0.357. The smallest absolute Gasteiger partial charge is 0.132 e. The molecule has 0 aliphatic carbocycles. The van der Waals surface area contributed by atoms with E-state index in [1.807, 2.05) is 0 Å². The van der Waals surface area contributed by atoms with Crippen LogP contribution in [-0.4, -0.2) is 31.3 Å². The van der Waals surface area contributed by atoms with E-state index in [4.69, 9.17) is 9.47 Å². The van der Waals surface area contributed by atoms with E-state index in [9.17, 15) is 0 Å². The van der Waals surface area contributed by atoms with Crippen LogP contribution in [0, 0.1) is 6.92 Å². The second-order valence-corrected chi connectivity index (χ2v) is 5.28. The van der Waals surface area contributed by atoms with Crippen molar-refractivity contribution in [3.63, 3.8) is 0 Å².